The SMILES string of the molecule is O=CCc1cccn1-c1ccccc1. The van der Waals surface area contributed by atoms with E-state index in [9.17, 15) is 4.79 Å². The third kappa shape index (κ3) is 1.59. The average molecular weight is 185 g/mol. The highest BCUT2D eigenvalue weighted by atomic mass is 16.1. The van der Waals surface area contributed by atoms with E-state index in [1.54, 1.807) is 0 Å². The second-order valence-electron chi connectivity index (χ2n) is 3.08. The molecular formula is C12H11NO. The highest BCUT2D eigenvalue weighted by molar-refractivity contribution is 5.54. The Balaban J connectivity index is 2.41. The van der Waals surface area contributed by atoms with Crippen LogP contribution in [0.15, 0.2) is 48.7 Å². The molecule has 2 aromatic rings. The number of nitrogens with zero attached hydrogens (tertiary/aromatic N) is 1. The van der Waals surface area contributed by atoms with Gasteiger partial charge >= 0.3 is 0 Å². The van der Waals surface area contributed by atoms with Crippen LogP contribution in [0.3, 0.4) is 0 Å². The molecule has 0 aliphatic rings. The molecule has 2 rings (SSSR count). The molecule has 1 heterocycles. The lowest BCUT2D eigenvalue weighted by Gasteiger charge is -2.06. The molecule has 14 heavy (non-hydrogen) atoms. The fourth-order valence-electron chi connectivity index (χ4n) is 1.51. The lowest BCUT2D eigenvalue weighted by molar-refractivity contribution is -0.107. The van der Waals surface area contributed by atoms with E-state index < -0.39 is 0 Å². The molecule has 0 radical (unpaired) electrons. The van der Waals surface area contributed by atoms with Crippen molar-refractivity contribution in [3.05, 3.63) is 54.4 Å². The van der Waals surface area contributed by atoms with Gasteiger partial charge in [0.1, 0.15) is 6.29 Å². The smallest absolute Gasteiger partial charge is 0.125 e. The molecule has 1 aromatic heterocycles. The van der Waals surface area contributed by atoms with Crippen LogP contribution in [-0.4, -0.2) is 10.9 Å². The number of hydrogen-bond donors (Lipinski definition) is 0. The molecule has 0 aliphatic carbocycles. The number of aromatic nitrogens is 1. The summed E-state index contributed by atoms with van der Waals surface area (Å²) in [5.41, 5.74) is 2.11. The Morgan fingerprint density at radius 2 is 1.86 bits per heavy atom. The van der Waals surface area contributed by atoms with Gasteiger partial charge in [-0.25, -0.2) is 0 Å². The van der Waals surface area contributed by atoms with Crippen molar-refractivity contribution in [3.8, 4) is 5.69 Å². The highest BCUT2D eigenvalue weighted by Gasteiger charge is 2.00. The first-order valence-corrected chi connectivity index (χ1v) is 4.57. The normalized spacial score (nSPS) is 10.0. The van der Waals surface area contributed by atoms with Crippen molar-refractivity contribution in [2.75, 3.05) is 0 Å². The van der Waals surface area contributed by atoms with E-state index in [0.717, 1.165) is 17.7 Å². The second-order valence-corrected chi connectivity index (χ2v) is 3.08. The van der Waals surface area contributed by atoms with Gasteiger partial charge in [0, 0.05) is 24.0 Å². The van der Waals surface area contributed by atoms with E-state index in [1.165, 1.54) is 0 Å². The summed E-state index contributed by atoms with van der Waals surface area (Å²) in [6.45, 7) is 0. The zero-order chi connectivity index (χ0) is 9.80. The molecule has 0 fully saturated rings. The van der Waals surface area contributed by atoms with E-state index >= 15 is 0 Å². The topological polar surface area (TPSA) is 22.0 Å². The lowest BCUT2D eigenvalue weighted by Crippen LogP contribution is -1.98. The number of aldehydes is 1. The fraction of sp³-hybridized carbons (Fsp3) is 0.0833. The maximum atomic E-state index is 10.4. The Morgan fingerprint density at radius 3 is 2.57 bits per heavy atom. The van der Waals surface area contributed by atoms with Gasteiger partial charge in [-0.05, 0) is 24.3 Å². The third-order valence-electron chi connectivity index (χ3n) is 2.16. The van der Waals surface area contributed by atoms with Crippen molar-refractivity contribution in [2.24, 2.45) is 0 Å². The van der Waals surface area contributed by atoms with Crippen molar-refractivity contribution < 1.29 is 4.79 Å². The van der Waals surface area contributed by atoms with Gasteiger partial charge in [-0.1, -0.05) is 18.2 Å². The number of para-hydroxylation sites is 1. The van der Waals surface area contributed by atoms with Crippen LogP contribution in [0.4, 0.5) is 0 Å². The third-order valence-corrected chi connectivity index (χ3v) is 2.16. The molecule has 0 unspecified atom stereocenters. The zero-order valence-corrected chi connectivity index (χ0v) is 7.76. The zero-order valence-electron chi connectivity index (χ0n) is 7.76. The summed E-state index contributed by atoms with van der Waals surface area (Å²) in [6.07, 6.45) is 3.35. The molecule has 0 N–H and O–H groups in total. The second kappa shape index (κ2) is 3.92. The average Bonchev–Trinajstić information content (AvgIpc) is 2.68. The molecule has 2 heteroatoms. The molecule has 1 aromatic carbocycles. The van der Waals surface area contributed by atoms with E-state index in [1.807, 2.05) is 53.2 Å². The lowest BCUT2D eigenvalue weighted by atomic mass is 10.3. The van der Waals surface area contributed by atoms with Gasteiger partial charge < -0.3 is 9.36 Å². The maximum absolute atomic E-state index is 10.4. The standard InChI is InChI=1S/C12H11NO/c14-10-8-12-7-4-9-13(12)11-5-2-1-3-6-11/h1-7,9-10H,8H2. The van der Waals surface area contributed by atoms with Gasteiger partial charge in [-0.2, -0.15) is 0 Å². The summed E-state index contributed by atoms with van der Waals surface area (Å²) in [4.78, 5) is 10.4. The van der Waals surface area contributed by atoms with Gasteiger partial charge in [0.05, 0.1) is 0 Å². The summed E-state index contributed by atoms with van der Waals surface area (Å²) in [6, 6.07) is 13.9. The van der Waals surface area contributed by atoms with Gasteiger partial charge in [-0.3, -0.25) is 0 Å². The van der Waals surface area contributed by atoms with Gasteiger partial charge in [0.2, 0.25) is 0 Å². The van der Waals surface area contributed by atoms with Crippen LogP contribution in [0.5, 0.6) is 0 Å². The Kier molecular flexibility index (Phi) is 2.45. The van der Waals surface area contributed by atoms with E-state index in [2.05, 4.69) is 0 Å². The minimum Gasteiger partial charge on any atom is -0.320 e. The van der Waals surface area contributed by atoms with E-state index in [-0.39, 0.29) is 0 Å². The fourth-order valence-corrected chi connectivity index (χ4v) is 1.51. The molecule has 0 atom stereocenters. The summed E-state index contributed by atoms with van der Waals surface area (Å²) in [5.74, 6) is 0. The molecular weight excluding hydrogens is 174 g/mol. The Labute approximate surface area is 82.8 Å². The van der Waals surface area contributed by atoms with Crippen molar-refractivity contribution in [1.29, 1.82) is 0 Å². The van der Waals surface area contributed by atoms with Crippen molar-refractivity contribution >= 4 is 6.29 Å². The van der Waals surface area contributed by atoms with Crippen molar-refractivity contribution in [1.82, 2.24) is 4.57 Å². The van der Waals surface area contributed by atoms with Gasteiger partial charge in [-0.15, -0.1) is 0 Å². The minimum atomic E-state index is 0.460. The molecule has 2 nitrogen and oxygen atoms in total. The predicted molar refractivity (Wildman–Crippen MR) is 55.5 cm³/mol. The van der Waals surface area contributed by atoms with Crippen LogP contribution in [0.25, 0.3) is 5.69 Å². The van der Waals surface area contributed by atoms with Crippen molar-refractivity contribution in [3.63, 3.8) is 0 Å². The van der Waals surface area contributed by atoms with Crippen LogP contribution in [0.1, 0.15) is 5.69 Å². The van der Waals surface area contributed by atoms with E-state index in [0.29, 0.717) is 6.42 Å². The molecule has 0 saturated carbocycles. The summed E-state index contributed by atoms with van der Waals surface area (Å²) in [7, 11) is 0. The first-order valence-electron chi connectivity index (χ1n) is 4.57. The van der Waals surface area contributed by atoms with Gasteiger partial charge in [0.15, 0.2) is 0 Å². The number of carbonyl (C=O) groups excluding carboxylic acids is 1. The first kappa shape index (κ1) is 8.75. The number of rotatable bonds is 3. The van der Waals surface area contributed by atoms with Gasteiger partial charge in [0.25, 0.3) is 0 Å². The molecule has 0 amide bonds. The molecule has 0 spiro atoms. The summed E-state index contributed by atoms with van der Waals surface area (Å²) < 4.78 is 2.02. The Bertz CT molecular complexity index is 417. The monoisotopic (exact) mass is 185 g/mol. The predicted octanol–water partition coefficient (Wildman–Crippen LogP) is 2.22. The largest absolute Gasteiger partial charge is 0.320 e. The van der Waals surface area contributed by atoms with Crippen LogP contribution >= 0.6 is 0 Å². The van der Waals surface area contributed by atoms with E-state index in [4.69, 9.17) is 0 Å². The summed E-state index contributed by atoms with van der Waals surface area (Å²) in [5, 5.41) is 0. The number of hydrogen-bond acceptors (Lipinski definition) is 1. The van der Waals surface area contributed by atoms with Crippen molar-refractivity contribution in [2.45, 2.75) is 6.42 Å². The molecule has 0 aliphatic heterocycles. The molecule has 0 bridgehead atoms. The Hall–Kier alpha value is -1.83. The quantitative estimate of drug-likeness (QED) is 0.672. The number of benzene rings is 1. The first-order chi connectivity index (χ1) is 6.92. The van der Waals surface area contributed by atoms with Crippen LogP contribution in [-0.2, 0) is 11.2 Å². The van der Waals surface area contributed by atoms with Crippen LogP contribution in [0.2, 0.25) is 0 Å². The van der Waals surface area contributed by atoms with Crippen LogP contribution in [0, 0.1) is 0 Å². The van der Waals surface area contributed by atoms with Crippen LogP contribution < -0.4 is 0 Å². The molecule has 70 valence electrons. The summed E-state index contributed by atoms with van der Waals surface area (Å²) >= 11 is 0. The minimum absolute atomic E-state index is 0.460. The Morgan fingerprint density at radius 1 is 1.07 bits per heavy atom. The number of carbonyl (C=O) groups is 1. The maximum Gasteiger partial charge on any atom is 0.125 e. The highest BCUT2D eigenvalue weighted by Crippen LogP contribution is 2.11. The molecule has 0 saturated heterocycles.